The van der Waals surface area contributed by atoms with Crippen LogP contribution in [0.4, 0.5) is 0 Å². The van der Waals surface area contributed by atoms with Crippen LogP contribution in [0.5, 0.6) is 0 Å². The van der Waals surface area contributed by atoms with Gasteiger partial charge in [0.1, 0.15) is 5.82 Å². The Balaban J connectivity index is 2.66. The van der Waals surface area contributed by atoms with Crippen molar-refractivity contribution in [2.45, 2.75) is 0 Å². The average molecular weight is 95.1 g/mol. The Morgan fingerprint density at radius 3 is 2.86 bits per heavy atom. The molecule has 0 fully saturated rings. The third-order valence-corrected chi connectivity index (χ3v) is 0.570. The Labute approximate surface area is 41.4 Å². The predicted octanol–water partition coefficient (Wildman–Crippen LogP) is 0.984. The van der Waals surface area contributed by atoms with Crippen LogP contribution in [0.3, 0.4) is 0 Å². The highest BCUT2D eigenvalue weighted by Gasteiger charge is 1.84. The summed E-state index contributed by atoms with van der Waals surface area (Å²) < 4.78 is 0. The second kappa shape index (κ2) is 1.55. The lowest BCUT2D eigenvalue weighted by molar-refractivity contribution is 0.931. The standard InChI is InChI=1S/C4H5N3/c1-4-5-2-3-6-7-4/h2-3,5H,1H2. The summed E-state index contributed by atoms with van der Waals surface area (Å²) in [5.74, 6) is 0.586. The fourth-order valence-corrected chi connectivity index (χ4v) is 0.299. The zero-order chi connectivity index (χ0) is 5.11. The number of hydrogen-bond donors (Lipinski definition) is 1. The lowest BCUT2D eigenvalue weighted by atomic mass is 10.7. The predicted molar refractivity (Wildman–Crippen MR) is 26.3 cm³/mol. The zero-order valence-corrected chi connectivity index (χ0v) is 3.76. The summed E-state index contributed by atoms with van der Waals surface area (Å²) in [4.78, 5) is 0. The van der Waals surface area contributed by atoms with Crippen LogP contribution < -0.4 is 5.32 Å². The van der Waals surface area contributed by atoms with E-state index >= 15 is 0 Å². The van der Waals surface area contributed by atoms with Crippen LogP contribution in [-0.2, 0) is 0 Å². The Bertz CT molecular complexity index is 134. The smallest absolute Gasteiger partial charge is 0.145 e. The van der Waals surface area contributed by atoms with Crippen LogP contribution in [0, 0.1) is 0 Å². The van der Waals surface area contributed by atoms with Gasteiger partial charge in [-0.25, -0.2) is 0 Å². The van der Waals surface area contributed by atoms with E-state index in [-0.39, 0.29) is 0 Å². The molecule has 7 heavy (non-hydrogen) atoms. The number of hydrogen-bond acceptors (Lipinski definition) is 3. The summed E-state index contributed by atoms with van der Waals surface area (Å²) in [7, 11) is 0. The van der Waals surface area contributed by atoms with Crippen LogP contribution in [0.25, 0.3) is 0 Å². The molecule has 3 nitrogen and oxygen atoms in total. The molecule has 1 rings (SSSR count). The van der Waals surface area contributed by atoms with Crippen molar-refractivity contribution < 1.29 is 0 Å². The van der Waals surface area contributed by atoms with Gasteiger partial charge in [0.05, 0.1) is 6.20 Å². The first kappa shape index (κ1) is 4.05. The molecule has 0 radical (unpaired) electrons. The molecule has 1 N–H and O–H groups in total. The highest BCUT2D eigenvalue weighted by atomic mass is 15.2. The van der Waals surface area contributed by atoms with Gasteiger partial charge < -0.3 is 5.32 Å². The van der Waals surface area contributed by atoms with E-state index in [1.807, 2.05) is 0 Å². The van der Waals surface area contributed by atoms with Crippen molar-refractivity contribution in [2.24, 2.45) is 10.2 Å². The first-order chi connectivity index (χ1) is 3.39. The van der Waals surface area contributed by atoms with Gasteiger partial charge in [-0.1, -0.05) is 6.58 Å². The molecule has 0 saturated heterocycles. The van der Waals surface area contributed by atoms with Gasteiger partial charge in [-0.15, -0.1) is 5.11 Å². The van der Waals surface area contributed by atoms with E-state index in [4.69, 9.17) is 0 Å². The highest BCUT2D eigenvalue weighted by molar-refractivity contribution is 4.97. The van der Waals surface area contributed by atoms with E-state index in [9.17, 15) is 0 Å². The summed E-state index contributed by atoms with van der Waals surface area (Å²) in [5.41, 5.74) is 0. The van der Waals surface area contributed by atoms with Crippen LogP contribution in [-0.4, -0.2) is 0 Å². The van der Waals surface area contributed by atoms with Gasteiger partial charge in [0.25, 0.3) is 0 Å². The molecule has 0 aromatic carbocycles. The van der Waals surface area contributed by atoms with Crippen LogP contribution in [0.1, 0.15) is 0 Å². The van der Waals surface area contributed by atoms with Crippen LogP contribution in [0.15, 0.2) is 35.0 Å². The minimum absolute atomic E-state index is 0.586. The molecule has 0 aromatic rings. The quantitative estimate of drug-likeness (QED) is 0.478. The summed E-state index contributed by atoms with van der Waals surface area (Å²) >= 11 is 0. The van der Waals surface area contributed by atoms with Crippen molar-refractivity contribution in [1.29, 1.82) is 0 Å². The molecule has 0 spiro atoms. The molecular weight excluding hydrogens is 90.1 g/mol. The van der Waals surface area contributed by atoms with Crippen molar-refractivity contribution in [2.75, 3.05) is 0 Å². The molecule has 0 bridgehead atoms. The first-order valence-electron chi connectivity index (χ1n) is 1.91. The summed E-state index contributed by atoms with van der Waals surface area (Å²) in [6.45, 7) is 3.49. The van der Waals surface area contributed by atoms with Gasteiger partial charge in [-0.3, -0.25) is 0 Å². The third kappa shape index (κ3) is 0.855. The third-order valence-electron chi connectivity index (χ3n) is 0.570. The summed E-state index contributed by atoms with van der Waals surface area (Å²) in [5, 5.41) is 9.85. The number of azo groups is 1. The Morgan fingerprint density at radius 1 is 1.71 bits per heavy atom. The van der Waals surface area contributed by atoms with Gasteiger partial charge in [0.15, 0.2) is 0 Å². The number of rotatable bonds is 0. The molecule has 3 heteroatoms. The lowest BCUT2D eigenvalue weighted by Gasteiger charge is -1.97. The van der Waals surface area contributed by atoms with Gasteiger partial charge in [-0.05, 0) is 0 Å². The SMILES string of the molecule is C=C1N=NC=CN1. The van der Waals surface area contributed by atoms with Crippen molar-refractivity contribution in [3.05, 3.63) is 24.8 Å². The highest BCUT2D eigenvalue weighted by Crippen LogP contribution is 1.93. The molecule has 1 aliphatic heterocycles. The van der Waals surface area contributed by atoms with E-state index in [0.717, 1.165) is 0 Å². The fraction of sp³-hybridized carbons (Fsp3) is 0. The van der Waals surface area contributed by atoms with Crippen molar-refractivity contribution in [1.82, 2.24) is 5.32 Å². The lowest BCUT2D eigenvalue weighted by Crippen LogP contribution is -2.01. The minimum Gasteiger partial charge on any atom is -0.344 e. The maximum absolute atomic E-state index is 3.56. The van der Waals surface area contributed by atoms with Crippen molar-refractivity contribution in [3.63, 3.8) is 0 Å². The Kier molecular flexibility index (Phi) is 0.898. The molecule has 0 amide bonds. The Morgan fingerprint density at radius 2 is 2.57 bits per heavy atom. The second-order valence-electron chi connectivity index (χ2n) is 1.12. The normalized spacial score (nSPS) is 16.9. The van der Waals surface area contributed by atoms with Crippen LogP contribution in [0.2, 0.25) is 0 Å². The topological polar surface area (TPSA) is 36.8 Å². The van der Waals surface area contributed by atoms with E-state index in [2.05, 4.69) is 22.1 Å². The van der Waals surface area contributed by atoms with Crippen molar-refractivity contribution in [3.8, 4) is 0 Å². The molecule has 0 atom stereocenters. The molecule has 0 aromatic heterocycles. The maximum Gasteiger partial charge on any atom is 0.145 e. The fourth-order valence-electron chi connectivity index (χ4n) is 0.299. The molecule has 1 aliphatic rings. The van der Waals surface area contributed by atoms with Gasteiger partial charge >= 0.3 is 0 Å². The van der Waals surface area contributed by atoms with Gasteiger partial charge in [0, 0.05) is 6.20 Å². The Hall–Kier alpha value is -1.12. The van der Waals surface area contributed by atoms with Crippen molar-refractivity contribution >= 4 is 0 Å². The number of nitrogens with zero attached hydrogens (tertiary/aromatic N) is 2. The monoisotopic (exact) mass is 95.0 g/mol. The van der Waals surface area contributed by atoms with E-state index in [1.54, 1.807) is 12.4 Å². The van der Waals surface area contributed by atoms with Gasteiger partial charge in [-0.2, -0.15) is 5.11 Å². The molecular formula is C4H5N3. The molecule has 1 heterocycles. The minimum atomic E-state index is 0.586. The largest absolute Gasteiger partial charge is 0.344 e. The van der Waals surface area contributed by atoms with Gasteiger partial charge in [0.2, 0.25) is 0 Å². The number of nitrogens with one attached hydrogen (secondary N) is 1. The first-order valence-corrected chi connectivity index (χ1v) is 1.91. The van der Waals surface area contributed by atoms with E-state index < -0.39 is 0 Å². The average Bonchev–Trinajstić information content (AvgIpc) is 1.69. The molecule has 36 valence electrons. The van der Waals surface area contributed by atoms with Crippen LogP contribution >= 0.6 is 0 Å². The molecule has 0 saturated carbocycles. The summed E-state index contributed by atoms with van der Waals surface area (Å²) in [6, 6.07) is 0. The summed E-state index contributed by atoms with van der Waals surface area (Å²) in [6.07, 6.45) is 3.24. The zero-order valence-electron chi connectivity index (χ0n) is 3.76. The maximum atomic E-state index is 3.56. The molecule has 0 aliphatic carbocycles. The molecule has 0 unspecified atom stereocenters. The van der Waals surface area contributed by atoms with E-state index in [0.29, 0.717) is 5.82 Å². The van der Waals surface area contributed by atoms with E-state index in [1.165, 1.54) is 0 Å². The second-order valence-corrected chi connectivity index (χ2v) is 1.12.